The number of carbonyl (C=O) groups excluding carboxylic acids is 1. The first kappa shape index (κ1) is 24.2. The van der Waals surface area contributed by atoms with E-state index in [1.807, 2.05) is 0 Å². The zero-order chi connectivity index (χ0) is 23.3. The average Bonchev–Trinajstić information content (AvgIpc) is 2.77. The lowest BCUT2D eigenvalue weighted by molar-refractivity contribution is 0.0955. The van der Waals surface area contributed by atoms with Crippen molar-refractivity contribution in [3.05, 3.63) is 84.5 Å². The SMILES string of the molecule is COc1cc(/C=N/NC(=O)c2cc(Br)c(O)c(Br)c2)c(Br)cc1OCc1ccc(F)cc1. The molecule has 0 unspecified atom stereocenters. The number of methoxy groups -OCH3 is 1. The number of nitrogens with one attached hydrogen (secondary N) is 1. The molecule has 0 spiro atoms. The van der Waals surface area contributed by atoms with Gasteiger partial charge in [0, 0.05) is 15.6 Å². The normalized spacial score (nSPS) is 10.9. The zero-order valence-corrected chi connectivity index (χ0v) is 21.3. The van der Waals surface area contributed by atoms with E-state index >= 15 is 0 Å². The van der Waals surface area contributed by atoms with Crippen molar-refractivity contribution >= 4 is 59.9 Å². The number of ether oxygens (including phenoxy) is 2. The van der Waals surface area contributed by atoms with E-state index in [2.05, 4.69) is 58.3 Å². The second-order valence-electron chi connectivity index (χ2n) is 6.43. The molecule has 0 bridgehead atoms. The van der Waals surface area contributed by atoms with E-state index in [4.69, 9.17) is 9.47 Å². The first-order valence-corrected chi connectivity index (χ1v) is 11.4. The van der Waals surface area contributed by atoms with Crippen molar-refractivity contribution in [2.45, 2.75) is 6.61 Å². The van der Waals surface area contributed by atoms with Crippen LogP contribution in [-0.2, 0) is 6.61 Å². The third kappa shape index (κ3) is 6.08. The molecule has 0 aromatic heterocycles. The third-order valence-electron chi connectivity index (χ3n) is 4.24. The summed E-state index contributed by atoms with van der Waals surface area (Å²) in [4.78, 5) is 12.3. The fourth-order valence-corrected chi connectivity index (χ4v) is 4.20. The van der Waals surface area contributed by atoms with Crippen molar-refractivity contribution in [2.24, 2.45) is 5.10 Å². The highest BCUT2D eigenvalue weighted by atomic mass is 79.9. The van der Waals surface area contributed by atoms with Crippen molar-refractivity contribution in [1.82, 2.24) is 5.43 Å². The molecule has 0 aliphatic rings. The first-order chi connectivity index (χ1) is 15.3. The molecule has 0 fully saturated rings. The van der Waals surface area contributed by atoms with Crippen LogP contribution in [0, 0.1) is 5.82 Å². The number of benzene rings is 3. The lowest BCUT2D eigenvalue weighted by Crippen LogP contribution is -2.17. The van der Waals surface area contributed by atoms with Gasteiger partial charge in [-0.1, -0.05) is 12.1 Å². The van der Waals surface area contributed by atoms with Gasteiger partial charge >= 0.3 is 0 Å². The van der Waals surface area contributed by atoms with Gasteiger partial charge in [-0.25, -0.2) is 9.82 Å². The van der Waals surface area contributed by atoms with Crippen LogP contribution < -0.4 is 14.9 Å². The highest BCUT2D eigenvalue weighted by Crippen LogP contribution is 2.34. The van der Waals surface area contributed by atoms with Crippen LogP contribution in [0.2, 0.25) is 0 Å². The van der Waals surface area contributed by atoms with Crippen molar-refractivity contribution in [1.29, 1.82) is 0 Å². The zero-order valence-electron chi connectivity index (χ0n) is 16.5. The minimum Gasteiger partial charge on any atom is -0.506 e. The largest absolute Gasteiger partial charge is 0.506 e. The quantitative estimate of drug-likeness (QED) is 0.242. The number of carbonyl (C=O) groups is 1. The van der Waals surface area contributed by atoms with Gasteiger partial charge in [0.1, 0.15) is 18.2 Å². The van der Waals surface area contributed by atoms with Crippen LogP contribution in [0.5, 0.6) is 17.2 Å². The van der Waals surface area contributed by atoms with Gasteiger partial charge in [0.25, 0.3) is 5.91 Å². The summed E-state index contributed by atoms with van der Waals surface area (Å²) >= 11 is 9.83. The van der Waals surface area contributed by atoms with E-state index in [1.54, 1.807) is 24.3 Å². The molecule has 3 aromatic rings. The summed E-state index contributed by atoms with van der Waals surface area (Å²) in [6.07, 6.45) is 1.46. The molecule has 3 rings (SSSR count). The van der Waals surface area contributed by atoms with E-state index < -0.39 is 5.91 Å². The van der Waals surface area contributed by atoms with Crippen LogP contribution in [0.25, 0.3) is 0 Å². The summed E-state index contributed by atoms with van der Waals surface area (Å²) in [5.74, 6) is 0.196. The minimum absolute atomic E-state index is 0.00261. The predicted octanol–water partition coefficient (Wildman–Crippen LogP) is 6.17. The molecule has 2 N–H and O–H groups in total. The third-order valence-corrected chi connectivity index (χ3v) is 6.14. The molecule has 3 aromatic carbocycles. The van der Waals surface area contributed by atoms with Crippen molar-refractivity contribution < 1.29 is 23.8 Å². The van der Waals surface area contributed by atoms with E-state index in [-0.39, 0.29) is 18.2 Å². The van der Waals surface area contributed by atoms with Crippen LogP contribution in [0.4, 0.5) is 4.39 Å². The fourth-order valence-electron chi connectivity index (χ4n) is 2.59. The molecule has 32 heavy (non-hydrogen) atoms. The van der Waals surface area contributed by atoms with E-state index in [0.717, 1.165) is 5.56 Å². The highest BCUT2D eigenvalue weighted by molar-refractivity contribution is 9.11. The maximum atomic E-state index is 13.0. The van der Waals surface area contributed by atoms with Gasteiger partial charge in [-0.05, 0) is 89.8 Å². The Morgan fingerprint density at radius 3 is 2.34 bits per heavy atom. The Kier molecular flexibility index (Phi) is 8.27. The lowest BCUT2D eigenvalue weighted by Gasteiger charge is -2.13. The van der Waals surface area contributed by atoms with Crippen LogP contribution in [0.3, 0.4) is 0 Å². The molecule has 0 saturated carbocycles. The molecule has 0 heterocycles. The van der Waals surface area contributed by atoms with Gasteiger partial charge in [-0.3, -0.25) is 4.79 Å². The fraction of sp³-hybridized carbons (Fsp3) is 0.0909. The predicted molar refractivity (Wildman–Crippen MR) is 130 cm³/mol. The summed E-state index contributed by atoms with van der Waals surface area (Å²) in [6.45, 7) is 0.240. The van der Waals surface area contributed by atoms with Crippen molar-refractivity contribution in [3.8, 4) is 17.2 Å². The summed E-state index contributed by atoms with van der Waals surface area (Å²) in [5.41, 5.74) is 4.19. The number of hydrogen-bond donors (Lipinski definition) is 2. The van der Waals surface area contributed by atoms with Gasteiger partial charge in [0.05, 0.1) is 22.3 Å². The number of amides is 1. The van der Waals surface area contributed by atoms with Crippen LogP contribution in [0.15, 0.2) is 67.1 Å². The number of phenols is 1. The summed E-state index contributed by atoms with van der Waals surface area (Å²) < 4.78 is 25.7. The van der Waals surface area contributed by atoms with E-state index in [0.29, 0.717) is 36.0 Å². The Hall–Kier alpha value is -2.43. The summed E-state index contributed by atoms with van der Waals surface area (Å²) in [5, 5.41) is 13.7. The topological polar surface area (TPSA) is 80.2 Å². The number of halogens is 4. The van der Waals surface area contributed by atoms with Gasteiger partial charge in [0.2, 0.25) is 0 Å². The second kappa shape index (κ2) is 10.9. The number of hydrogen-bond acceptors (Lipinski definition) is 5. The second-order valence-corrected chi connectivity index (χ2v) is 8.99. The monoisotopic (exact) mass is 628 g/mol. The van der Waals surface area contributed by atoms with Crippen LogP contribution >= 0.6 is 47.8 Å². The van der Waals surface area contributed by atoms with Crippen LogP contribution in [-0.4, -0.2) is 24.3 Å². The Morgan fingerprint density at radius 1 is 1.06 bits per heavy atom. The van der Waals surface area contributed by atoms with Crippen molar-refractivity contribution in [2.75, 3.05) is 7.11 Å². The molecule has 0 radical (unpaired) electrons. The standard InChI is InChI=1S/C22H16Br3FN2O4/c1-31-19-8-14(10-27-28-22(30)13-6-17(24)21(29)18(25)7-13)16(23)9-20(19)32-11-12-2-4-15(26)5-3-12/h2-10,29H,11H2,1H3,(H,28,30)/b27-10+. The highest BCUT2D eigenvalue weighted by Gasteiger charge is 2.12. The lowest BCUT2D eigenvalue weighted by atomic mass is 10.2. The molecule has 1 amide bonds. The summed E-state index contributed by atoms with van der Waals surface area (Å²) in [7, 11) is 1.51. The van der Waals surface area contributed by atoms with Gasteiger partial charge < -0.3 is 14.6 Å². The molecule has 0 aliphatic heterocycles. The molecular formula is C22H16Br3FN2O4. The van der Waals surface area contributed by atoms with Gasteiger partial charge in [-0.2, -0.15) is 5.10 Å². The Balaban J connectivity index is 1.70. The Bertz CT molecular complexity index is 1150. The van der Waals surface area contributed by atoms with E-state index in [9.17, 15) is 14.3 Å². The first-order valence-electron chi connectivity index (χ1n) is 9.04. The molecule has 0 aliphatic carbocycles. The van der Waals surface area contributed by atoms with Crippen LogP contribution in [0.1, 0.15) is 21.5 Å². The van der Waals surface area contributed by atoms with Crippen molar-refractivity contribution in [3.63, 3.8) is 0 Å². The summed E-state index contributed by atoms with van der Waals surface area (Å²) in [6, 6.07) is 12.4. The number of nitrogens with zero attached hydrogens (tertiary/aromatic N) is 1. The van der Waals surface area contributed by atoms with Gasteiger partial charge in [0.15, 0.2) is 11.5 Å². The molecule has 6 nitrogen and oxygen atoms in total. The smallest absolute Gasteiger partial charge is 0.271 e. The molecule has 0 saturated heterocycles. The number of hydrazone groups is 1. The maximum Gasteiger partial charge on any atom is 0.271 e. The number of rotatable bonds is 7. The molecule has 166 valence electrons. The Morgan fingerprint density at radius 2 is 1.72 bits per heavy atom. The maximum absolute atomic E-state index is 13.0. The minimum atomic E-state index is -0.454. The molecule has 0 atom stereocenters. The number of phenolic OH excluding ortho intramolecular Hbond substituents is 1. The molecule has 10 heteroatoms. The van der Waals surface area contributed by atoms with Gasteiger partial charge in [-0.15, -0.1) is 0 Å². The average molecular weight is 631 g/mol. The van der Waals surface area contributed by atoms with E-state index in [1.165, 1.54) is 37.6 Å². The Labute approximate surface area is 208 Å². The number of aromatic hydroxyl groups is 1. The molecular weight excluding hydrogens is 615 g/mol.